The SMILES string of the molecule is O=C1CC[C@H](N2C(=O)c3cccc([C@@H](C(=O)O)N4N5CCC6(CC(C6)N6CCN(CC6)c6ccc(cc6)N4Nc4ncnc6c4ncn6C4CC(NC(=O)Cc6ccccc6)C4)C5)c3C2=O)C(=O)N1. The number of fused-ring (bicyclic) bond motifs is 3. The molecule has 20 heteroatoms. The number of nitrogens with one attached hydrogen (secondary N) is 3. The standard InChI is InChI=1S/C49H51N13O7/c63-38-14-13-37(45(65)54-38)60-46(66)36-8-4-7-35(40(36)47(60)67)42(48(68)69)62-58-16-15-49(26-58)24-34(25-49)57-19-17-56(18-20-57)31-9-11-32(12-10-31)61(62)55-43-41-44(51-27-50-43)59(28-52-41)33-22-30(23-33)53-39(64)21-29-5-2-1-3-6-29/h1-12,27-28,30,33-34,37,42H,13-26H2,(H,53,64)(H,68,69)(H,50,51,55)(H,54,63,65)/t30?,33?,34?,37-,42-,49?/m0/s1. The van der Waals surface area contributed by atoms with Crippen LogP contribution in [0.3, 0.4) is 0 Å². The van der Waals surface area contributed by atoms with E-state index in [0.29, 0.717) is 61.1 Å². The summed E-state index contributed by atoms with van der Waals surface area (Å²) in [6.07, 6.45) is 7.45. The number of anilines is 3. The summed E-state index contributed by atoms with van der Waals surface area (Å²) in [5.41, 5.74) is 6.86. The Morgan fingerprint density at radius 3 is 2.36 bits per heavy atom. The van der Waals surface area contributed by atoms with Crippen molar-refractivity contribution >= 4 is 63.9 Å². The second-order valence-electron chi connectivity index (χ2n) is 19.5. The van der Waals surface area contributed by atoms with Crippen LogP contribution in [-0.4, -0.2) is 137 Å². The first-order valence-corrected chi connectivity index (χ1v) is 23.8. The van der Waals surface area contributed by atoms with Crippen LogP contribution in [0.5, 0.6) is 0 Å². The van der Waals surface area contributed by atoms with Gasteiger partial charge in [-0.15, -0.1) is 5.12 Å². The zero-order valence-corrected chi connectivity index (χ0v) is 37.7. The lowest BCUT2D eigenvalue weighted by Crippen LogP contribution is -2.60. The van der Waals surface area contributed by atoms with E-state index in [2.05, 4.69) is 30.8 Å². The van der Waals surface area contributed by atoms with Crippen molar-refractivity contribution in [3.05, 3.63) is 108 Å². The molecule has 2 aliphatic carbocycles. The lowest BCUT2D eigenvalue weighted by atomic mass is 9.64. The van der Waals surface area contributed by atoms with Crippen molar-refractivity contribution in [1.29, 1.82) is 0 Å². The van der Waals surface area contributed by atoms with Gasteiger partial charge in [0.1, 0.15) is 12.4 Å². The van der Waals surface area contributed by atoms with Crippen molar-refractivity contribution in [2.75, 3.05) is 54.7 Å². The number of imide groups is 2. The van der Waals surface area contributed by atoms with Crippen LogP contribution in [-0.2, 0) is 25.6 Å². The molecule has 2 aromatic heterocycles. The molecule has 69 heavy (non-hydrogen) atoms. The first kappa shape index (κ1) is 43.0. The van der Waals surface area contributed by atoms with E-state index in [9.17, 15) is 33.9 Å². The van der Waals surface area contributed by atoms with Crippen LogP contribution in [0.1, 0.15) is 88.9 Å². The summed E-state index contributed by atoms with van der Waals surface area (Å²) >= 11 is 0. The molecule has 4 N–H and O–H groups in total. The van der Waals surface area contributed by atoms with E-state index < -0.39 is 41.7 Å². The van der Waals surface area contributed by atoms with Gasteiger partial charge in [-0.1, -0.05) is 42.5 Å². The number of carbonyl (C=O) groups excluding carboxylic acids is 5. The van der Waals surface area contributed by atoms with Crippen molar-refractivity contribution in [3.8, 4) is 0 Å². The lowest BCUT2D eigenvalue weighted by Gasteiger charge is -2.52. The van der Waals surface area contributed by atoms with Crippen molar-refractivity contribution < 1.29 is 33.9 Å². The van der Waals surface area contributed by atoms with Gasteiger partial charge in [-0.05, 0) is 85.4 Å². The van der Waals surface area contributed by atoms with Gasteiger partial charge in [0.05, 0.1) is 29.6 Å². The molecule has 11 aliphatic rings. The first-order chi connectivity index (χ1) is 33.5. The number of benzene rings is 3. The molecule has 3 aromatic carbocycles. The van der Waals surface area contributed by atoms with Crippen molar-refractivity contribution in [1.82, 2.24) is 50.1 Å². The highest BCUT2D eigenvalue weighted by atomic mass is 16.4. The number of nitrogens with zero attached hydrogens (tertiary/aromatic N) is 10. The third-order valence-corrected chi connectivity index (χ3v) is 15.4. The summed E-state index contributed by atoms with van der Waals surface area (Å²) in [5.74, 6) is -3.82. The summed E-state index contributed by atoms with van der Waals surface area (Å²) in [5, 5.41) is 22.4. The number of piperidine rings is 1. The Bertz CT molecular complexity index is 2910. The van der Waals surface area contributed by atoms with Gasteiger partial charge in [0, 0.05) is 69.5 Å². The minimum absolute atomic E-state index is 0.00715. The molecule has 1 spiro atoms. The van der Waals surface area contributed by atoms with Gasteiger partial charge in [0.25, 0.3) is 11.8 Å². The molecule has 3 atom stereocenters. The van der Waals surface area contributed by atoms with Crippen LogP contribution in [0.4, 0.5) is 17.2 Å². The molecule has 354 valence electrons. The average Bonchev–Trinajstić information content (AvgIpc) is 4.03. The van der Waals surface area contributed by atoms with Crippen molar-refractivity contribution in [3.63, 3.8) is 0 Å². The number of imidazole rings is 1. The normalized spacial score (nSPS) is 27.9. The maximum absolute atomic E-state index is 14.6. The molecule has 9 aliphatic heterocycles. The Kier molecular flexibility index (Phi) is 10.4. The van der Waals surface area contributed by atoms with E-state index >= 15 is 0 Å². The summed E-state index contributed by atoms with van der Waals surface area (Å²) in [6.45, 7) is 4.69. The number of hydrogen-bond donors (Lipinski definition) is 4. The number of hydrazine groups is 3. The fourth-order valence-electron chi connectivity index (χ4n) is 11.8. The fraction of sp³-hybridized carbons (Fsp3) is 0.408. The quantitative estimate of drug-likeness (QED) is 0.148. The van der Waals surface area contributed by atoms with Gasteiger partial charge in [-0.25, -0.2) is 25.1 Å². The van der Waals surface area contributed by atoms with E-state index in [1.54, 1.807) is 28.7 Å². The summed E-state index contributed by atoms with van der Waals surface area (Å²) in [4.78, 5) is 101. The third-order valence-electron chi connectivity index (χ3n) is 15.4. The maximum Gasteiger partial charge on any atom is 0.329 e. The highest BCUT2D eigenvalue weighted by Gasteiger charge is 2.55. The monoisotopic (exact) mass is 933 g/mol. The Morgan fingerprint density at radius 1 is 0.841 bits per heavy atom. The summed E-state index contributed by atoms with van der Waals surface area (Å²) in [6, 6.07) is 19.7. The van der Waals surface area contributed by atoms with Crippen LogP contribution in [0.15, 0.2) is 85.5 Å². The van der Waals surface area contributed by atoms with E-state index in [4.69, 9.17) is 9.97 Å². The number of aliphatic carboxylic acids is 1. The molecule has 5 amide bonds. The molecule has 2 saturated carbocycles. The Labute approximate surface area is 396 Å². The van der Waals surface area contributed by atoms with E-state index in [1.807, 2.05) is 64.2 Å². The van der Waals surface area contributed by atoms with Gasteiger partial charge in [0.15, 0.2) is 23.0 Å². The van der Waals surface area contributed by atoms with Crippen LogP contribution in [0.2, 0.25) is 0 Å². The molecule has 1 unspecified atom stereocenters. The minimum Gasteiger partial charge on any atom is -0.480 e. The number of rotatable bonds is 10. The van der Waals surface area contributed by atoms with Crippen LogP contribution < -0.4 is 26.1 Å². The molecule has 7 bridgehead atoms. The predicted octanol–water partition coefficient (Wildman–Crippen LogP) is 3.07. The van der Waals surface area contributed by atoms with Crippen LogP contribution in [0.25, 0.3) is 11.2 Å². The van der Waals surface area contributed by atoms with Crippen molar-refractivity contribution in [2.45, 2.75) is 81.6 Å². The van der Waals surface area contributed by atoms with Crippen molar-refractivity contribution in [2.24, 2.45) is 5.41 Å². The van der Waals surface area contributed by atoms with Crippen LogP contribution >= 0.6 is 0 Å². The van der Waals surface area contributed by atoms with E-state index in [1.165, 1.54) is 12.4 Å². The maximum atomic E-state index is 14.6. The zero-order valence-electron chi connectivity index (χ0n) is 37.7. The number of carboxylic acid groups (broad SMARTS) is 1. The van der Waals surface area contributed by atoms with Gasteiger partial charge >= 0.3 is 5.97 Å². The Morgan fingerprint density at radius 2 is 1.61 bits per heavy atom. The predicted molar refractivity (Wildman–Crippen MR) is 249 cm³/mol. The largest absolute Gasteiger partial charge is 0.480 e. The molecule has 5 fully saturated rings. The number of carboxylic acids is 1. The molecule has 11 heterocycles. The van der Waals surface area contributed by atoms with Gasteiger partial charge in [0.2, 0.25) is 17.7 Å². The number of hydrogen-bond acceptors (Lipinski definition) is 15. The Balaban J connectivity index is 0.923. The smallest absolute Gasteiger partial charge is 0.329 e. The van der Waals surface area contributed by atoms with E-state index in [-0.39, 0.29) is 52.9 Å². The molecule has 16 rings (SSSR count). The summed E-state index contributed by atoms with van der Waals surface area (Å²) in [7, 11) is 0. The topological polar surface area (TPSA) is 222 Å². The highest BCUT2D eigenvalue weighted by Crippen LogP contribution is 2.52. The molecule has 5 aromatic rings. The van der Waals surface area contributed by atoms with Crippen LogP contribution in [0, 0.1) is 5.41 Å². The van der Waals surface area contributed by atoms with Gasteiger partial charge < -0.3 is 19.9 Å². The molecule has 3 saturated heterocycles. The third kappa shape index (κ3) is 7.44. The molecule has 0 radical (unpaired) electrons. The zero-order chi connectivity index (χ0) is 47.1. The lowest BCUT2D eigenvalue weighted by molar-refractivity contribution is -0.155. The van der Waals surface area contributed by atoms with Gasteiger partial charge in [-0.2, -0.15) is 0 Å². The summed E-state index contributed by atoms with van der Waals surface area (Å²) < 4.78 is 1.99. The first-order valence-electron chi connectivity index (χ1n) is 23.8. The average molecular weight is 934 g/mol. The second kappa shape index (κ2) is 16.7. The Hall–Kier alpha value is -7.29. The highest BCUT2D eigenvalue weighted by molar-refractivity contribution is 6.24. The second-order valence-corrected chi connectivity index (χ2v) is 19.5. The number of aromatic nitrogens is 4. The van der Waals surface area contributed by atoms with E-state index in [0.717, 1.165) is 61.6 Å². The minimum atomic E-state index is -1.60. The number of amides is 5. The fourth-order valence-corrected chi connectivity index (χ4v) is 11.8. The number of piperazine rings is 1. The van der Waals surface area contributed by atoms with Gasteiger partial charge in [-0.3, -0.25) is 49.3 Å². The molecule has 20 nitrogen and oxygen atoms in total. The molecular weight excluding hydrogens is 883 g/mol. The molecular formula is C49H51N13O7. The number of carbonyl (C=O) groups is 6.